The van der Waals surface area contributed by atoms with Gasteiger partial charge in [-0.2, -0.15) is 0 Å². The Morgan fingerprint density at radius 2 is 1.83 bits per heavy atom. The van der Waals surface area contributed by atoms with Crippen molar-refractivity contribution < 1.29 is 26.0 Å². The van der Waals surface area contributed by atoms with Gasteiger partial charge in [0, 0.05) is 6.54 Å². The molecule has 0 radical (unpaired) electrons. The number of carbonyl (C=O) groups is 1. The molecule has 30 heavy (non-hydrogen) atoms. The van der Waals surface area contributed by atoms with Gasteiger partial charge in [0.2, 0.25) is 26.0 Å². The zero-order valence-electron chi connectivity index (χ0n) is 17.2. The van der Waals surface area contributed by atoms with Gasteiger partial charge in [0.25, 0.3) is 0 Å². The summed E-state index contributed by atoms with van der Waals surface area (Å²) in [6.45, 7) is 3.21. The molecule has 1 aromatic carbocycles. The molecule has 1 aliphatic rings. The number of nitrogens with one attached hydrogen (secondary N) is 1. The van der Waals surface area contributed by atoms with Crippen molar-refractivity contribution in [2.24, 2.45) is 5.41 Å². The third kappa shape index (κ3) is 4.29. The maximum atomic E-state index is 12.7. The number of carbonyl (C=O) groups excluding carboxylic acids is 1. The van der Waals surface area contributed by atoms with Crippen LogP contribution in [0.15, 0.2) is 52.0 Å². The molecule has 1 aromatic heterocycles. The highest BCUT2D eigenvalue weighted by Crippen LogP contribution is 2.36. The van der Waals surface area contributed by atoms with Crippen molar-refractivity contribution in [3.05, 3.63) is 48.4 Å². The number of hydrogen-bond donors (Lipinski definition) is 1. The highest BCUT2D eigenvalue weighted by Gasteiger charge is 2.49. The van der Waals surface area contributed by atoms with E-state index in [-0.39, 0.29) is 28.9 Å². The number of hydrogen-bond acceptors (Lipinski definition) is 7. The fraction of sp³-hybridized carbons (Fsp3) is 0.421. The maximum absolute atomic E-state index is 12.7. The first-order valence-electron chi connectivity index (χ1n) is 9.22. The Morgan fingerprint density at radius 1 is 1.20 bits per heavy atom. The molecule has 0 saturated carbocycles. The lowest BCUT2D eigenvalue weighted by atomic mass is 9.95. The Bertz CT molecular complexity index is 1120. The zero-order chi connectivity index (χ0) is 22.3. The van der Waals surface area contributed by atoms with Gasteiger partial charge in [-0.05, 0) is 64.3 Å². The molecule has 1 saturated heterocycles. The molecule has 11 heteroatoms. The van der Waals surface area contributed by atoms with Crippen LogP contribution in [0.1, 0.15) is 25.6 Å². The molecule has 164 valence electrons. The van der Waals surface area contributed by atoms with Crippen molar-refractivity contribution >= 4 is 31.6 Å². The van der Waals surface area contributed by atoms with Gasteiger partial charge >= 0.3 is 0 Å². The Balaban J connectivity index is 1.79. The summed E-state index contributed by atoms with van der Waals surface area (Å²) in [5.41, 5.74) is -0.913. The van der Waals surface area contributed by atoms with Crippen LogP contribution in [0.3, 0.4) is 0 Å². The smallest absolute Gasteiger partial charge is 0.247 e. The van der Waals surface area contributed by atoms with Crippen molar-refractivity contribution in [2.75, 3.05) is 30.7 Å². The number of sulfonamides is 2. The predicted octanol–water partition coefficient (Wildman–Crippen LogP) is 1.56. The molecule has 9 nitrogen and oxygen atoms in total. The van der Waals surface area contributed by atoms with Crippen LogP contribution in [0.2, 0.25) is 0 Å². The highest BCUT2D eigenvalue weighted by molar-refractivity contribution is 7.94. The first-order valence-corrected chi connectivity index (χ1v) is 12.3. The third-order valence-electron chi connectivity index (χ3n) is 4.93. The van der Waals surface area contributed by atoms with E-state index >= 15 is 0 Å². The van der Waals surface area contributed by atoms with Crippen molar-refractivity contribution in [3.63, 3.8) is 0 Å². The minimum atomic E-state index is -3.86. The van der Waals surface area contributed by atoms with Crippen LogP contribution in [-0.2, 0) is 24.8 Å². The summed E-state index contributed by atoms with van der Waals surface area (Å²) < 4.78 is 58.8. The Hall–Kier alpha value is -2.21. The Labute approximate surface area is 176 Å². The van der Waals surface area contributed by atoms with Crippen molar-refractivity contribution in [2.45, 2.75) is 24.8 Å². The average Bonchev–Trinajstić information content (AvgIpc) is 3.20. The lowest BCUT2D eigenvalue weighted by Gasteiger charge is -2.22. The number of nitrogens with zero attached hydrogens (tertiary/aromatic N) is 2. The van der Waals surface area contributed by atoms with Crippen LogP contribution >= 0.6 is 0 Å². The van der Waals surface area contributed by atoms with Gasteiger partial charge < -0.3 is 4.42 Å². The van der Waals surface area contributed by atoms with E-state index in [2.05, 4.69) is 4.72 Å². The van der Waals surface area contributed by atoms with E-state index in [0.29, 0.717) is 5.76 Å². The number of likely N-dealkylation sites (N-methyl/N-ethyl adjacent to an activating group) is 1. The predicted molar refractivity (Wildman–Crippen MR) is 112 cm³/mol. The Kier molecular flexibility index (Phi) is 5.84. The number of anilines is 1. The van der Waals surface area contributed by atoms with Gasteiger partial charge in [-0.25, -0.2) is 25.9 Å². The summed E-state index contributed by atoms with van der Waals surface area (Å²) in [6.07, 6.45) is 1.52. The second-order valence-electron chi connectivity index (χ2n) is 8.05. The van der Waals surface area contributed by atoms with Crippen LogP contribution in [0.5, 0.6) is 0 Å². The molecule has 0 aliphatic carbocycles. The zero-order valence-corrected chi connectivity index (χ0v) is 18.8. The van der Waals surface area contributed by atoms with Crippen LogP contribution in [-0.4, -0.2) is 54.0 Å². The van der Waals surface area contributed by atoms with E-state index in [1.807, 2.05) is 19.0 Å². The minimum absolute atomic E-state index is 0.0356. The summed E-state index contributed by atoms with van der Waals surface area (Å²) >= 11 is 0. The van der Waals surface area contributed by atoms with E-state index in [1.165, 1.54) is 30.5 Å². The van der Waals surface area contributed by atoms with E-state index in [1.54, 1.807) is 26.0 Å². The molecule has 0 bridgehead atoms. The van der Waals surface area contributed by atoms with Crippen LogP contribution in [0, 0.1) is 5.41 Å². The molecule has 1 fully saturated rings. The fourth-order valence-electron chi connectivity index (χ4n) is 3.31. The normalized spacial score (nSPS) is 19.4. The van der Waals surface area contributed by atoms with Gasteiger partial charge in [-0.15, -0.1) is 0 Å². The second kappa shape index (κ2) is 7.80. The number of benzene rings is 1. The van der Waals surface area contributed by atoms with E-state index < -0.39 is 31.4 Å². The van der Waals surface area contributed by atoms with Gasteiger partial charge in [-0.1, -0.05) is 0 Å². The van der Waals surface area contributed by atoms with Crippen molar-refractivity contribution in [1.82, 2.24) is 9.62 Å². The highest BCUT2D eigenvalue weighted by atomic mass is 32.2. The molecule has 2 aromatic rings. The average molecular weight is 456 g/mol. The van der Waals surface area contributed by atoms with Gasteiger partial charge in [-0.3, -0.25) is 9.69 Å². The quantitative estimate of drug-likeness (QED) is 0.673. The summed E-state index contributed by atoms with van der Waals surface area (Å²) in [5.74, 6) is -0.207. The largest absolute Gasteiger partial charge is 0.468 e. The van der Waals surface area contributed by atoms with Gasteiger partial charge in [0.15, 0.2) is 0 Å². The molecule has 0 spiro atoms. The lowest BCUT2D eigenvalue weighted by molar-refractivity contribution is -0.123. The van der Waals surface area contributed by atoms with E-state index in [9.17, 15) is 21.6 Å². The first kappa shape index (κ1) is 22.5. The topological polar surface area (TPSA) is 117 Å². The third-order valence-corrected chi connectivity index (χ3v) is 8.39. The van der Waals surface area contributed by atoms with Crippen LogP contribution in [0.4, 0.5) is 5.69 Å². The van der Waals surface area contributed by atoms with Crippen LogP contribution < -0.4 is 9.03 Å². The van der Waals surface area contributed by atoms with Gasteiger partial charge in [0.05, 0.1) is 34.1 Å². The standard InChI is InChI=1S/C19H25N3O6S2/c1-19(2)13-29(24,25)22(18(19)23)14-7-9-15(10-8-14)30(26,27)20-12-16(21(3)4)17-6-5-11-28-17/h5-11,16,20H,12-13H2,1-4H3. The molecular formula is C19H25N3O6S2. The number of amides is 1. The van der Waals surface area contributed by atoms with Crippen molar-refractivity contribution in [3.8, 4) is 0 Å². The molecule has 1 atom stereocenters. The van der Waals surface area contributed by atoms with E-state index in [4.69, 9.17) is 4.42 Å². The molecule has 1 amide bonds. The summed E-state index contributed by atoms with van der Waals surface area (Å²) in [4.78, 5) is 14.3. The second-order valence-corrected chi connectivity index (χ2v) is 11.6. The fourth-order valence-corrected chi connectivity index (χ4v) is 6.46. The first-order chi connectivity index (χ1) is 13.8. The van der Waals surface area contributed by atoms with Crippen LogP contribution in [0.25, 0.3) is 0 Å². The monoisotopic (exact) mass is 455 g/mol. The summed E-state index contributed by atoms with van der Waals surface area (Å²) in [5, 5.41) is 0. The van der Waals surface area contributed by atoms with Crippen molar-refractivity contribution in [1.29, 1.82) is 0 Å². The summed E-state index contributed by atoms with van der Waals surface area (Å²) in [7, 11) is -4.03. The lowest BCUT2D eigenvalue weighted by Crippen LogP contribution is -2.34. The van der Waals surface area contributed by atoms with Gasteiger partial charge in [0.1, 0.15) is 5.76 Å². The molecular weight excluding hydrogens is 430 g/mol. The maximum Gasteiger partial charge on any atom is 0.247 e. The van der Waals surface area contributed by atoms with E-state index in [0.717, 1.165) is 4.31 Å². The summed E-state index contributed by atoms with van der Waals surface area (Å²) in [6, 6.07) is 8.40. The molecule has 1 unspecified atom stereocenters. The number of furan rings is 1. The minimum Gasteiger partial charge on any atom is -0.468 e. The molecule has 3 rings (SSSR count). The Morgan fingerprint density at radius 3 is 2.30 bits per heavy atom. The molecule has 2 heterocycles. The molecule has 1 N–H and O–H groups in total. The number of rotatable bonds is 7. The molecule has 1 aliphatic heterocycles. The SMILES string of the molecule is CN(C)C(CNS(=O)(=O)c1ccc(N2C(=O)C(C)(C)CS2(=O)=O)cc1)c1ccco1.